The molecule has 0 saturated carbocycles. The normalized spacial score (nSPS) is 16.2. The number of carbonyl (C=O) groups excluding carboxylic acids is 1. The molecule has 3 rings (SSSR count). The Morgan fingerprint density at radius 3 is 2.64 bits per heavy atom. The van der Waals surface area contributed by atoms with Crippen LogP contribution >= 0.6 is 11.3 Å². The topological polar surface area (TPSA) is 78.5 Å². The molecule has 0 bridgehead atoms. The molecule has 2 heterocycles. The van der Waals surface area contributed by atoms with Gasteiger partial charge in [-0.1, -0.05) is 19.1 Å². The largest absolute Gasteiger partial charge is 0.350 e. The van der Waals surface area contributed by atoms with Crippen LogP contribution in [0, 0.1) is 6.92 Å². The fraction of sp³-hybridized carbons (Fsp3) is 0.450. The molecule has 1 saturated heterocycles. The first-order chi connectivity index (χ1) is 13.4. The van der Waals surface area contributed by atoms with Crippen molar-refractivity contribution in [3.05, 3.63) is 51.7 Å². The summed E-state index contributed by atoms with van der Waals surface area (Å²) >= 11 is 1.70. The van der Waals surface area contributed by atoms with Crippen molar-refractivity contribution < 1.29 is 13.2 Å². The van der Waals surface area contributed by atoms with Crippen LogP contribution in [0.3, 0.4) is 0 Å². The van der Waals surface area contributed by atoms with Crippen LogP contribution in [-0.2, 0) is 10.0 Å². The lowest BCUT2D eigenvalue weighted by Gasteiger charge is -2.27. The molecule has 1 amide bonds. The van der Waals surface area contributed by atoms with E-state index in [-0.39, 0.29) is 16.8 Å². The van der Waals surface area contributed by atoms with E-state index in [1.54, 1.807) is 24.3 Å². The molecule has 28 heavy (non-hydrogen) atoms. The Morgan fingerprint density at radius 1 is 1.25 bits per heavy atom. The molecule has 1 aliphatic heterocycles. The van der Waals surface area contributed by atoms with Gasteiger partial charge in [0.1, 0.15) is 0 Å². The van der Waals surface area contributed by atoms with Crippen molar-refractivity contribution in [2.24, 2.45) is 0 Å². The van der Waals surface area contributed by atoms with Gasteiger partial charge in [-0.15, -0.1) is 11.3 Å². The van der Waals surface area contributed by atoms with E-state index in [1.807, 2.05) is 13.0 Å². The van der Waals surface area contributed by atoms with Gasteiger partial charge in [-0.25, -0.2) is 13.1 Å². The van der Waals surface area contributed by atoms with Crippen molar-refractivity contribution in [3.63, 3.8) is 0 Å². The maximum Gasteiger partial charge on any atom is 0.251 e. The monoisotopic (exact) mass is 421 g/mol. The first-order valence-corrected chi connectivity index (χ1v) is 11.9. The Bertz CT molecular complexity index is 905. The van der Waals surface area contributed by atoms with Gasteiger partial charge in [0.25, 0.3) is 5.91 Å². The molecule has 1 unspecified atom stereocenters. The summed E-state index contributed by atoms with van der Waals surface area (Å²) in [6.45, 7) is 6.42. The summed E-state index contributed by atoms with van der Waals surface area (Å²) in [6.07, 6.45) is 2.36. The highest BCUT2D eigenvalue weighted by Gasteiger charge is 2.25. The SMILES string of the molecule is CCNS(=O)(=O)c1ccc(C)c(C(=O)NCC(c2cccs2)N2CCCC2)c1. The molecule has 0 spiro atoms. The molecule has 0 aliphatic carbocycles. The molecule has 2 aromatic rings. The quantitative estimate of drug-likeness (QED) is 0.687. The Balaban J connectivity index is 1.76. The van der Waals surface area contributed by atoms with Crippen LogP contribution in [0.15, 0.2) is 40.6 Å². The summed E-state index contributed by atoms with van der Waals surface area (Å²) in [5.41, 5.74) is 1.15. The molecule has 1 aromatic carbocycles. The number of hydrogen-bond donors (Lipinski definition) is 2. The summed E-state index contributed by atoms with van der Waals surface area (Å²) < 4.78 is 27.0. The Kier molecular flexibility index (Phi) is 6.87. The van der Waals surface area contributed by atoms with Crippen LogP contribution in [0.1, 0.15) is 46.6 Å². The number of sulfonamides is 1. The first kappa shape index (κ1) is 21.0. The lowest BCUT2D eigenvalue weighted by atomic mass is 10.1. The van der Waals surface area contributed by atoms with Crippen molar-refractivity contribution in [3.8, 4) is 0 Å². The minimum Gasteiger partial charge on any atom is -0.350 e. The van der Waals surface area contributed by atoms with E-state index in [0.29, 0.717) is 18.7 Å². The molecule has 0 radical (unpaired) electrons. The highest BCUT2D eigenvalue weighted by Crippen LogP contribution is 2.28. The fourth-order valence-corrected chi connectivity index (χ4v) is 5.44. The smallest absolute Gasteiger partial charge is 0.251 e. The molecular formula is C20H27N3O3S2. The van der Waals surface area contributed by atoms with Crippen molar-refractivity contribution in [1.82, 2.24) is 14.9 Å². The van der Waals surface area contributed by atoms with Crippen LogP contribution in [0.4, 0.5) is 0 Å². The second kappa shape index (κ2) is 9.17. The van der Waals surface area contributed by atoms with Crippen LogP contribution in [-0.4, -0.2) is 45.4 Å². The highest BCUT2D eigenvalue weighted by molar-refractivity contribution is 7.89. The fourth-order valence-electron chi connectivity index (χ4n) is 3.51. The Labute approximate surface area is 171 Å². The third kappa shape index (κ3) is 4.81. The molecule has 1 atom stereocenters. The number of hydrogen-bond acceptors (Lipinski definition) is 5. The summed E-state index contributed by atoms with van der Waals surface area (Å²) in [5, 5.41) is 5.08. The van der Waals surface area contributed by atoms with Gasteiger partial charge in [0, 0.05) is 23.5 Å². The summed E-state index contributed by atoms with van der Waals surface area (Å²) in [4.78, 5) is 16.6. The third-order valence-corrected chi connectivity index (χ3v) is 7.52. The molecular weight excluding hydrogens is 394 g/mol. The number of thiophene rings is 1. The van der Waals surface area contributed by atoms with E-state index >= 15 is 0 Å². The van der Waals surface area contributed by atoms with Gasteiger partial charge in [0.2, 0.25) is 10.0 Å². The van der Waals surface area contributed by atoms with Crippen LogP contribution in [0.5, 0.6) is 0 Å². The molecule has 2 N–H and O–H groups in total. The number of carbonyl (C=O) groups is 1. The van der Waals surface area contributed by atoms with Crippen LogP contribution in [0.25, 0.3) is 0 Å². The second-order valence-electron chi connectivity index (χ2n) is 6.96. The van der Waals surface area contributed by atoms with Gasteiger partial charge < -0.3 is 5.32 Å². The number of likely N-dealkylation sites (tertiary alicyclic amines) is 1. The number of aryl methyl sites for hydroxylation is 1. The summed E-state index contributed by atoms with van der Waals surface area (Å²) in [7, 11) is -3.60. The zero-order valence-corrected chi connectivity index (χ0v) is 17.9. The number of rotatable bonds is 8. The standard InChI is InChI=1S/C20H27N3O3S2/c1-3-22-28(25,26)16-9-8-15(2)17(13-16)20(24)21-14-18(19-7-6-12-27-19)23-10-4-5-11-23/h6-9,12-13,18,22H,3-5,10-11,14H2,1-2H3,(H,21,24). The zero-order chi connectivity index (χ0) is 20.1. The highest BCUT2D eigenvalue weighted by atomic mass is 32.2. The summed E-state index contributed by atoms with van der Waals surface area (Å²) in [6, 6.07) is 8.96. The number of nitrogens with one attached hydrogen (secondary N) is 2. The number of amides is 1. The average molecular weight is 422 g/mol. The van der Waals surface area contributed by atoms with Crippen molar-refractivity contribution in [2.75, 3.05) is 26.2 Å². The van der Waals surface area contributed by atoms with Crippen molar-refractivity contribution in [1.29, 1.82) is 0 Å². The molecule has 8 heteroatoms. The summed E-state index contributed by atoms with van der Waals surface area (Å²) in [5.74, 6) is -0.244. The Morgan fingerprint density at radius 2 is 2.00 bits per heavy atom. The van der Waals surface area contributed by atoms with Gasteiger partial charge in [0.05, 0.1) is 10.9 Å². The van der Waals surface area contributed by atoms with E-state index in [2.05, 4.69) is 26.4 Å². The third-order valence-electron chi connectivity index (χ3n) is 5.01. The van der Waals surface area contributed by atoms with Crippen molar-refractivity contribution in [2.45, 2.75) is 37.6 Å². The van der Waals surface area contributed by atoms with Crippen LogP contribution in [0.2, 0.25) is 0 Å². The van der Waals surface area contributed by atoms with E-state index in [0.717, 1.165) is 18.7 Å². The lowest BCUT2D eigenvalue weighted by molar-refractivity contribution is 0.0937. The molecule has 1 aromatic heterocycles. The lowest BCUT2D eigenvalue weighted by Crippen LogP contribution is -2.36. The van der Waals surface area contributed by atoms with E-state index < -0.39 is 10.0 Å². The Hall–Kier alpha value is -1.74. The van der Waals surface area contributed by atoms with Gasteiger partial charge in [-0.3, -0.25) is 9.69 Å². The molecule has 1 aliphatic rings. The van der Waals surface area contributed by atoms with Gasteiger partial charge >= 0.3 is 0 Å². The average Bonchev–Trinajstić information content (AvgIpc) is 3.36. The van der Waals surface area contributed by atoms with Gasteiger partial charge in [-0.2, -0.15) is 0 Å². The minimum atomic E-state index is -3.60. The van der Waals surface area contributed by atoms with Gasteiger partial charge in [0.15, 0.2) is 0 Å². The minimum absolute atomic E-state index is 0.111. The molecule has 6 nitrogen and oxygen atoms in total. The predicted octanol–water partition coefficient (Wildman–Crippen LogP) is 2.92. The van der Waals surface area contributed by atoms with Crippen LogP contribution < -0.4 is 10.0 Å². The zero-order valence-electron chi connectivity index (χ0n) is 16.3. The molecule has 152 valence electrons. The maximum absolute atomic E-state index is 12.9. The maximum atomic E-state index is 12.9. The van der Waals surface area contributed by atoms with E-state index in [4.69, 9.17) is 0 Å². The number of nitrogens with zero attached hydrogens (tertiary/aromatic N) is 1. The predicted molar refractivity (Wildman–Crippen MR) is 112 cm³/mol. The second-order valence-corrected chi connectivity index (χ2v) is 9.71. The first-order valence-electron chi connectivity index (χ1n) is 9.58. The van der Waals surface area contributed by atoms with Crippen molar-refractivity contribution >= 4 is 27.3 Å². The number of benzene rings is 1. The van der Waals surface area contributed by atoms with Gasteiger partial charge in [-0.05, 0) is 62.0 Å². The molecule has 1 fully saturated rings. The van der Waals surface area contributed by atoms with E-state index in [1.165, 1.54) is 29.9 Å². The van der Waals surface area contributed by atoms with E-state index in [9.17, 15) is 13.2 Å².